The van der Waals surface area contributed by atoms with Gasteiger partial charge in [-0.2, -0.15) is 0 Å². The molecule has 1 aromatic heterocycles. The minimum Gasteiger partial charge on any atom is -0.458 e. The first-order valence-corrected chi connectivity index (χ1v) is 10.6. The van der Waals surface area contributed by atoms with Crippen LogP contribution >= 0.6 is 0 Å². The lowest BCUT2D eigenvalue weighted by Crippen LogP contribution is -2.60. The fourth-order valence-electron chi connectivity index (χ4n) is 6.53. The number of nitrogens with zero attached hydrogens (tertiary/aromatic N) is 3. The minimum atomic E-state index is -0.183. The Morgan fingerprint density at radius 1 is 1.00 bits per heavy atom. The van der Waals surface area contributed by atoms with Crippen molar-refractivity contribution in [2.45, 2.75) is 18.9 Å². The molecule has 5 saturated heterocycles. The van der Waals surface area contributed by atoms with E-state index in [4.69, 9.17) is 4.74 Å². The van der Waals surface area contributed by atoms with Crippen molar-refractivity contribution in [2.75, 3.05) is 50.7 Å². The number of rotatable bonds is 3. The van der Waals surface area contributed by atoms with Crippen molar-refractivity contribution in [3.8, 4) is 0 Å². The van der Waals surface area contributed by atoms with Crippen LogP contribution in [0.1, 0.15) is 23.2 Å². The van der Waals surface area contributed by atoms with E-state index in [0.29, 0.717) is 17.4 Å². The molecule has 144 valence electrons. The Hall–Kier alpha value is -1.66. The summed E-state index contributed by atoms with van der Waals surface area (Å²) >= 11 is 0. The molecule has 6 fully saturated rings. The van der Waals surface area contributed by atoms with Crippen molar-refractivity contribution in [3.63, 3.8) is 0 Å². The average Bonchev–Trinajstić information content (AvgIpc) is 3.26. The third-order valence-corrected chi connectivity index (χ3v) is 7.66. The molecule has 1 N–H and O–H groups in total. The number of aromatic nitrogens is 1. The summed E-state index contributed by atoms with van der Waals surface area (Å²) in [4.78, 5) is 22.2. The largest absolute Gasteiger partial charge is 0.458 e. The zero-order valence-electron chi connectivity index (χ0n) is 15.7. The number of ether oxygens (including phenoxy) is 1. The number of carbonyl (C=O) groups is 1. The van der Waals surface area contributed by atoms with E-state index in [-0.39, 0.29) is 12.1 Å². The van der Waals surface area contributed by atoms with Gasteiger partial charge in [-0.15, -0.1) is 0 Å². The van der Waals surface area contributed by atoms with Gasteiger partial charge in [0.1, 0.15) is 6.10 Å². The maximum Gasteiger partial charge on any atom is 0.340 e. The second kappa shape index (κ2) is 6.17. The maximum atomic E-state index is 12.9. The fourth-order valence-corrected chi connectivity index (χ4v) is 6.53. The predicted octanol–water partition coefficient (Wildman–Crippen LogP) is 1.23. The number of fused-ring (bicyclic) bond motifs is 1. The number of piperidine rings is 3. The molecule has 6 heteroatoms. The van der Waals surface area contributed by atoms with Crippen LogP contribution in [0.15, 0.2) is 18.5 Å². The van der Waals surface area contributed by atoms with E-state index in [1.54, 1.807) is 6.20 Å². The predicted molar refractivity (Wildman–Crippen MR) is 102 cm³/mol. The Morgan fingerprint density at radius 2 is 1.74 bits per heavy atom. The number of nitrogens with one attached hydrogen (secondary N) is 1. The Kier molecular flexibility index (Phi) is 3.73. The number of pyridine rings is 1. The van der Waals surface area contributed by atoms with Crippen LogP contribution in [0.3, 0.4) is 0 Å². The maximum absolute atomic E-state index is 12.9. The second-order valence-corrected chi connectivity index (χ2v) is 9.46. The molecule has 4 bridgehead atoms. The van der Waals surface area contributed by atoms with Gasteiger partial charge in [-0.05, 0) is 36.7 Å². The third-order valence-electron chi connectivity index (χ3n) is 7.66. The van der Waals surface area contributed by atoms with Gasteiger partial charge < -0.3 is 19.9 Å². The molecule has 7 rings (SSSR count). The number of hydrogen-bond acceptors (Lipinski definition) is 6. The van der Waals surface area contributed by atoms with Crippen LogP contribution < -0.4 is 10.2 Å². The zero-order valence-corrected chi connectivity index (χ0v) is 15.7. The molecule has 0 radical (unpaired) electrons. The van der Waals surface area contributed by atoms with E-state index in [2.05, 4.69) is 20.1 Å². The molecule has 1 saturated carbocycles. The molecule has 6 heterocycles. The molecule has 1 aromatic rings. The van der Waals surface area contributed by atoms with Gasteiger partial charge in [0.05, 0.1) is 17.4 Å². The van der Waals surface area contributed by atoms with Crippen molar-refractivity contribution in [3.05, 3.63) is 24.0 Å². The van der Waals surface area contributed by atoms with Gasteiger partial charge in [0.2, 0.25) is 0 Å². The van der Waals surface area contributed by atoms with E-state index in [0.717, 1.165) is 62.7 Å². The molecule has 6 nitrogen and oxygen atoms in total. The number of hydrogen-bond donors (Lipinski definition) is 1. The molecule has 0 aromatic carbocycles. The molecule has 4 unspecified atom stereocenters. The van der Waals surface area contributed by atoms with Crippen molar-refractivity contribution >= 4 is 11.7 Å². The molecule has 6 aliphatic rings. The topological polar surface area (TPSA) is 57.7 Å². The van der Waals surface area contributed by atoms with Gasteiger partial charge in [0.25, 0.3) is 0 Å². The summed E-state index contributed by atoms with van der Waals surface area (Å²) in [6, 6.07) is 1.99. The summed E-state index contributed by atoms with van der Waals surface area (Å²) in [7, 11) is 0. The van der Waals surface area contributed by atoms with Crippen molar-refractivity contribution in [2.24, 2.45) is 29.6 Å². The van der Waals surface area contributed by atoms with Crippen LogP contribution in [0.5, 0.6) is 0 Å². The standard InChI is InChI=1S/C21H28N4O2/c26-21(27-20-15-1-13-2-16(20)10-24(8-13)9-15)14-3-19(7-23-4-14)25-11-17-5-22-6-18(17)12-25/h3-4,7,13,15-18,20,22H,1-2,5-6,8-12H2. The second-order valence-electron chi connectivity index (χ2n) is 9.46. The highest BCUT2D eigenvalue weighted by molar-refractivity contribution is 5.90. The quantitative estimate of drug-likeness (QED) is 0.810. The first-order chi connectivity index (χ1) is 13.2. The van der Waals surface area contributed by atoms with E-state index in [9.17, 15) is 4.79 Å². The highest BCUT2D eigenvalue weighted by atomic mass is 16.5. The van der Waals surface area contributed by atoms with Crippen LogP contribution in [-0.2, 0) is 4.74 Å². The van der Waals surface area contributed by atoms with Crippen LogP contribution in [0.25, 0.3) is 0 Å². The molecule has 27 heavy (non-hydrogen) atoms. The summed E-state index contributed by atoms with van der Waals surface area (Å²) in [6.45, 7) is 7.80. The lowest BCUT2D eigenvalue weighted by atomic mass is 9.66. The number of esters is 1. The first kappa shape index (κ1) is 16.3. The third kappa shape index (κ3) is 2.76. The van der Waals surface area contributed by atoms with Crippen molar-refractivity contribution in [1.29, 1.82) is 0 Å². The Balaban J connectivity index is 1.16. The zero-order chi connectivity index (χ0) is 18.0. The number of carbonyl (C=O) groups excluding carboxylic acids is 1. The van der Waals surface area contributed by atoms with E-state index in [1.807, 2.05) is 12.3 Å². The van der Waals surface area contributed by atoms with Crippen molar-refractivity contribution in [1.82, 2.24) is 15.2 Å². The van der Waals surface area contributed by atoms with E-state index < -0.39 is 0 Å². The highest BCUT2D eigenvalue weighted by Gasteiger charge is 2.49. The Morgan fingerprint density at radius 3 is 2.44 bits per heavy atom. The first-order valence-electron chi connectivity index (χ1n) is 10.6. The van der Waals surface area contributed by atoms with Crippen LogP contribution in [0.4, 0.5) is 5.69 Å². The molecule has 0 spiro atoms. The van der Waals surface area contributed by atoms with Crippen LogP contribution in [-0.4, -0.2) is 67.8 Å². The van der Waals surface area contributed by atoms with Gasteiger partial charge in [0, 0.05) is 63.8 Å². The van der Waals surface area contributed by atoms with Gasteiger partial charge in [0.15, 0.2) is 0 Å². The molecular weight excluding hydrogens is 340 g/mol. The Bertz CT molecular complexity index is 713. The normalized spacial score (nSPS) is 41.8. The van der Waals surface area contributed by atoms with Crippen molar-refractivity contribution < 1.29 is 9.53 Å². The molecule has 1 aliphatic carbocycles. The average molecular weight is 368 g/mol. The Labute approximate surface area is 160 Å². The monoisotopic (exact) mass is 368 g/mol. The lowest BCUT2D eigenvalue weighted by Gasteiger charge is -2.55. The summed E-state index contributed by atoms with van der Waals surface area (Å²) in [6.07, 6.45) is 6.12. The summed E-state index contributed by atoms with van der Waals surface area (Å²) in [5, 5.41) is 3.48. The SMILES string of the molecule is O=C(OC1C2CC3CC1CN(C3)C2)c1cncc(N2CC3CNCC3C2)c1. The van der Waals surface area contributed by atoms with Gasteiger partial charge >= 0.3 is 5.97 Å². The fraction of sp³-hybridized carbons (Fsp3) is 0.714. The van der Waals surface area contributed by atoms with Gasteiger partial charge in [-0.3, -0.25) is 4.98 Å². The van der Waals surface area contributed by atoms with Crippen LogP contribution in [0.2, 0.25) is 0 Å². The van der Waals surface area contributed by atoms with E-state index in [1.165, 1.54) is 19.4 Å². The molecule has 4 atom stereocenters. The summed E-state index contributed by atoms with van der Waals surface area (Å²) in [5.74, 6) is 3.15. The number of anilines is 1. The van der Waals surface area contributed by atoms with E-state index >= 15 is 0 Å². The molecule has 5 aliphatic heterocycles. The van der Waals surface area contributed by atoms with Crippen LogP contribution in [0, 0.1) is 29.6 Å². The van der Waals surface area contributed by atoms with Gasteiger partial charge in [-0.1, -0.05) is 0 Å². The summed E-state index contributed by atoms with van der Waals surface area (Å²) < 4.78 is 6.07. The molecular formula is C21H28N4O2. The minimum absolute atomic E-state index is 0.103. The lowest BCUT2D eigenvalue weighted by molar-refractivity contribution is -0.116. The smallest absolute Gasteiger partial charge is 0.340 e. The summed E-state index contributed by atoms with van der Waals surface area (Å²) in [5.41, 5.74) is 1.67. The van der Waals surface area contributed by atoms with Gasteiger partial charge in [-0.25, -0.2) is 4.79 Å². The molecule has 0 amide bonds. The highest BCUT2D eigenvalue weighted by Crippen LogP contribution is 2.45.